The van der Waals surface area contributed by atoms with Gasteiger partial charge in [-0.15, -0.1) is 0 Å². The van der Waals surface area contributed by atoms with Crippen LogP contribution in [-0.4, -0.2) is 42.4 Å². The van der Waals surface area contributed by atoms with Crippen LogP contribution in [0.1, 0.15) is 30.1 Å². The molecule has 1 aliphatic rings. The topological polar surface area (TPSA) is 97.5 Å². The summed E-state index contributed by atoms with van der Waals surface area (Å²) in [5.74, 6) is 3.17. The highest BCUT2D eigenvalue weighted by Gasteiger charge is 2.30. The first-order valence-electron chi connectivity index (χ1n) is 10.8. The summed E-state index contributed by atoms with van der Waals surface area (Å²) in [6.45, 7) is 6.05. The van der Waals surface area contributed by atoms with Gasteiger partial charge in [0.1, 0.15) is 24.0 Å². The lowest BCUT2D eigenvalue weighted by molar-refractivity contribution is 0.0895. The number of nitrogens with one attached hydrogen (secondary N) is 1. The minimum atomic E-state index is -0.427. The Morgan fingerprint density at radius 3 is 2.72 bits per heavy atom. The molecular formula is C24H26N6O2. The van der Waals surface area contributed by atoms with Crippen LogP contribution in [0.2, 0.25) is 0 Å². The summed E-state index contributed by atoms with van der Waals surface area (Å²) in [6.07, 6.45) is 5.38. The van der Waals surface area contributed by atoms with E-state index in [0.717, 1.165) is 40.9 Å². The van der Waals surface area contributed by atoms with Gasteiger partial charge in [0.25, 0.3) is 0 Å². The zero-order chi connectivity index (χ0) is 22.2. The zero-order valence-electron chi connectivity index (χ0n) is 18.4. The average molecular weight is 431 g/mol. The highest BCUT2D eigenvalue weighted by molar-refractivity contribution is 5.75. The smallest absolute Gasteiger partial charge is 0.154 e. The molecule has 0 unspecified atom stereocenters. The van der Waals surface area contributed by atoms with Gasteiger partial charge in [-0.3, -0.25) is 4.98 Å². The Morgan fingerprint density at radius 1 is 1.09 bits per heavy atom. The third kappa shape index (κ3) is 4.40. The SMILES string of the molecule is Cc1cc(-c2ccn3nc(Nc4cc(C)nc(C)n4)cc3c2)c(OC[C@H](O)C2CC2)cn1. The minimum absolute atomic E-state index is 0.281. The zero-order valence-corrected chi connectivity index (χ0v) is 18.4. The Morgan fingerprint density at radius 2 is 1.94 bits per heavy atom. The van der Waals surface area contributed by atoms with Crippen LogP contribution in [0.25, 0.3) is 16.6 Å². The van der Waals surface area contributed by atoms with Crippen LogP contribution in [0.3, 0.4) is 0 Å². The molecule has 0 amide bonds. The number of fused-ring (bicyclic) bond motifs is 1. The van der Waals surface area contributed by atoms with Crippen molar-refractivity contribution in [3.05, 3.63) is 59.9 Å². The standard InChI is InChI=1S/C24H26N6O2/c1-14-8-20(22(12-25-14)32-13-21(31)17-4-5-17)18-6-7-30-19(10-18)11-24(29-30)28-23-9-15(2)26-16(3)27-23/h6-12,17,21,31H,4-5,13H2,1-3H3,(H,26,27,28,29)/t21-/m0/s1. The van der Waals surface area contributed by atoms with E-state index in [0.29, 0.717) is 29.1 Å². The summed E-state index contributed by atoms with van der Waals surface area (Å²) < 4.78 is 7.78. The second kappa shape index (κ2) is 8.20. The fourth-order valence-corrected chi connectivity index (χ4v) is 3.82. The Labute approximate surface area is 186 Å². The number of aryl methyl sites for hydroxylation is 3. The molecule has 8 heteroatoms. The summed E-state index contributed by atoms with van der Waals surface area (Å²) in [7, 11) is 0. The summed E-state index contributed by atoms with van der Waals surface area (Å²) in [6, 6.07) is 9.94. The van der Waals surface area contributed by atoms with Crippen LogP contribution in [0.15, 0.2) is 42.7 Å². The molecule has 8 nitrogen and oxygen atoms in total. The number of hydrogen-bond acceptors (Lipinski definition) is 7. The normalized spacial score (nSPS) is 14.5. The number of aromatic nitrogens is 5. The van der Waals surface area contributed by atoms with Crippen LogP contribution in [0, 0.1) is 26.7 Å². The van der Waals surface area contributed by atoms with Crippen molar-refractivity contribution < 1.29 is 9.84 Å². The molecular weight excluding hydrogens is 404 g/mol. The maximum Gasteiger partial charge on any atom is 0.154 e. The minimum Gasteiger partial charge on any atom is -0.489 e. The van der Waals surface area contributed by atoms with Gasteiger partial charge in [-0.25, -0.2) is 14.5 Å². The van der Waals surface area contributed by atoms with Crippen molar-refractivity contribution in [3.63, 3.8) is 0 Å². The number of anilines is 2. The summed E-state index contributed by atoms with van der Waals surface area (Å²) >= 11 is 0. The monoisotopic (exact) mass is 430 g/mol. The van der Waals surface area contributed by atoms with Crippen LogP contribution >= 0.6 is 0 Å². The van der Waals surface area contributed by atoms with Crippen LogP contribution in [0.5, 0.6) is 5.75 Å². The highest BCUT2D eigenvalue weighted by atomic mass is 16.5. The van der Waals surface area contributed by atoms with E-state index in [1.165, 1.54) is 0 Å². The van der Waals surface area contributed by atoms with E-state index in [9.17, 15) is 5.11 Å². The number of rotatable bonds is 7. The Hall–Kier alpha value is -3.52. The molecule has 0 saturated heterocycles. The summed E-state index contributed by atoms with van der Waals surface area (Å²) in [5, 5.41) is 18.0. The van der Waals surface area contributed by atoms with Crippen molar-refractivity contribution in [1.82, 2.24) is 24.6 Å². The lowest BCUT2D eigenvalue weighted by Crippen LogP contribution is -2.19. The Balaban J connectivity index is 1.42. The predicted molar refractivity (Wildman–Crippen MR) is 122 cm³/mol. The van der Waals surface area contributed by atoms with Crippen molar-refractivity contribution >= 4 is 17.2 Å². The molecule has 0 radical (unpaired) electrons. The number of hydrogen-bond donors (Lipinski definition) is 2. The van der Waals surface area contributed by atoms with E-state index in [2.05, 4.69) is 31.4 Å². The summed E-state index contributed by atoms with van der Waals surface area (Å²) in [5.41, 5.74) is 4.68. The summed E-state index contributed by atoms with van der Waals surface area (Å²) in [4.78, 5) is 13.1. The predicted octanol–water partition coefficient (Wildman–Crippen LogP) is 4.00. The van der Waals surface area contributed by atoms with Crippen LogP contribution in [-0.2, 0) is 0 Å². The van der Waals surface area contributed by atoms with Gasteiger partial charge >= 0.3 is 0 Å². The molecule has 1 fully saturated rings. The molecule has 0 bridgehead atoms. The molecule has 32 heavy (non-hydrogen) atoms. The van der Waals surface area contributed by atoms with Gasteiger partial charge in [0.2, 0.25) is 0 Å². The van der Waals surface area contributed by atoms with Gasteiger partial charge in [-0.2, -0.15) is 5.10 Å². The van der Waals surface area contributed by atoms with Crippen molar-refractivity contribution in [3.8, 4) is 16.9 Å². The molecule has 4 aromatic rings. The van der Waals surface area contributed by atoms with Crippen LogP contribution in [0.4, 0.5) is 11.6 Å². The fraction of sp³-hybridized carbons (Fsp3) is 0.333. The van der Waals surface area contributed by atoms with Gasteiger partial charge in [0.05, 0.1) is 17.8 Å². The van der Waals surface area contributed by atoms with Crippen molar-refractivity contribution in [1.29, 1.82) is 0 Å². The maximum atomic E-state index is 10.2. The van der Waals surface area contributed by atoms with Crippen molar-refractivity contribution in [2.24, 2.45) is 5.92 Å². The van der Waals surface area contributed by atoms with Crippen molar-refractivity contribution in [2.45, 2.75) is 39.7 Å². The Bertz CT molecular complexity index is 1260. The number of nitrogens with zero attached hydrogens (tertiary/aromatic N) is 5. The third-order valence-electron chi connectivity index (χ3n) is 5.58. The van der Waals surface area contributed by atoms with E-state index in [1.54, 1.807) is 6.20 Å². The number of pyridine rings is 2. The number of aliphatic hydroxyl groups excluding tert-OH is 1. The third-order valence-corrected chi connectivity index (χ3v) is 5.58. The van der Waals surface area contributed by atoms with Gasteiger partial charge < -0.3 is 15.2 Å². The largest absolute Gasteiger partial charge is 0.489 e. The van der Waals surface area contributed by atoms with Crippen molar-refractivity contribution in [2.75, 3.05) is 11.9 Å². The quantitative estimate of drug-likeness (QED) is 0.457. The van der Waals surface area contributed by atoms with E-state index in [1.807, 2.05) is 55.7 Å². The molecule has 2 N–H and O–H groups in total. The molecule has 0 aromatic carbocycles. The molecule has 4 heterocycles. The number of ether oxygens (including phenoxy) is 1. The average Bonchev–Trinajstić information content (AvgIpc) is 3.52. The molecule has 164 valence electrons. The number of aliphatic hydroxyl groups is 1. The second-order valence-corrected chi connectivity index (χ2v) is 8.42. The van der Waals surface area contributed by atoms with E-state index in [4.69, 9.17) is 4.74 Å². The van der Waals surface area contributed by atoms with E-state index >= 15 is 0 Å². The van der Waals surface area contributed by atoms with Gasteiger partial charge in [0, 0.05) is 35.3 Å². The first-order chi connectivity index (χ1) is 15.4. The highest BCUT2D eigenvalue weighted by Crippen LogP contribution is 2.35. The molecule has 4 aromatic heterocycles. The first kappa shape index (κ1) is 20.4. The van der Waals surface area contributed by atoms with Gasteiger partial charge in [-0.05, 0) is 63.3 Å². The van der Waals surface area contributed by atoms with Gasteiger partial charge in [0.15, 0.2) is 5.82 Å². The first-order valence-corrected chi connectivity index (χ1v) is 10.8. The molecule has 1 atom stereocenters. The lowest BCUT2D eigenvalue weighted by Gasteiger charge is -2.15. The van der Waals surface area contributed by atoms with E-state index in [-0.39, 0.29) is 6.61 Å². The van der Waals surface area contributed by atoms with Gasteiger partial charge in [-0.1, -0.05) is 0 Å². The Kier molecular flexibility index (Phi) is 5.22. The lowest BCUT2D eigenvalue weighted by atomic mass is 10.1. The molecule has 5 rings (SSSR count). The molecule has 1 aliphatic carbocycles. The molecule has 0 aliphatic heterocycles. The molecule has 1 saturated carbocycles. The second-order valence-electron chi connectivity index (χ2n) is 8.42. The molecule has 0 spiro atoms. The van der Waals surface area contributed by atoms with E-state index < -0.39 is 6.10 Å². The maximum absolute atomic E-state index is 10.2. The van der Waals surface area contributed by atoms with Crippen LogP contribution < -0.4 is 10.1 Å². The fourth-order valence-electron chi connectivity index (χ4n) is 3.82.